The van der Waals surface area contributed by atoms with E-state index in [1.807, 2.05) is 36.4 Å². The molecule has 0 amide bonds. The molecule has 0 bridgehead atoms. The summed E-state index contributed by atoms with van der Waals surface area (Å²) in [5.41, 5.74) is 4.54. The molecule has 3 aromatic rings. The fourth-order valence-electron chi connectivity index (χ4n) is 3.10. The van der Waals surface area contributed by atoms with Crippen molar-refractivity contribution in [1.82, 2.24) is 0 Å². The van der Waals surface area contributed by atoms with Gasteiger partial charge in [0, 0.05) is 11.3 Å². The first-order valence-corrected chi connectivity index (χ1v) is 11.5. The Labute approximate surface area is 180 Å². The molecular formula is C25H22O2S2. The van der Waals surface area contributed by atoms with Crippen molar-refractivity contribution >= 4 is 35.3 Å². The van der Waals surface area contributed by atoms with E-state index in [2.05, 4.69) is 55.5 Å². The van der Waals surface area contributed by atoms with E-state index in [-0.39, 0.29) is 11.2 Å². The fraction of sp³-hybridized carbons (Fsp3) is 0.160. The zero-order valence-electron chi connectivity index (χ0n) is 16.2. The van der Waals surface area contributed by atoms with Crippen LogP contribution >= 0.6 is 23.5 Å². The molecule has 0 spiro atoms. The van der Waals surface area contributed by atoms with Gasteiger partial charge in [0.2, 0.25) is 0 Å². The van der Waals surface area contributed by atoms with Crippen molar-refractivity contribution in [2.75, 3.05) is 0 Å². The maximum absolute atomic E-state index is 12.8. The number of ether oxygens (including phenoxy) is 1. The summed E-state index contributed by atoms with van der Waals surface area (Å²) in [6.07, 6.45) is 0.668. The van der Waals surface area contributed by atoms with Crippen LogP contribution in [0.25, 0.3) is 5.76 Å². The van der Waals surface area contributed by atoms with Crippen LogP contribution in [0, 0.1) is 6.92 Å². The molecule has 0 radical (unpaired) electrons. The standard InChI is InChI=1S/C25H22O2S2/c1-18-12-14-21(15-13-18)23-25(28-17-20-10-6-3-7-11-20)29-22(24(26)27-23)16-19-8-4-2-5-9-19/h2-15,22H,16-17H2,1H3. The summed E-state index contributed by atoms with van der Waals surface area (Å²) in [5, 5.41) is -0.232. The van der Waals surface area contributed by atoms with Crippen LogP contribution in [0.3, 0.4) is 0 Å². The van der Waals surface area contributed by atoms with Crippen molar-refractivity contribution < 1.29 is 9.53 Å². The number of esters is 1. The largest absolute Gasteiger partial charge is 0.423 e. The van der Waals surface area contributed by atoms with E-state index in [0.29, 0.717) is 12.2 Å². The number of cyclic esters (lactones) is 1. The molecule has 1 aliphatic rings. The lowest BCUT2D eigenvalue weighted by Gasteiger charge is -2.25. The van der Waals surface area contributed by atoms with Crippen molar-refractivity contribution in [1.29, 1.82) is 0 Å². The lowest BCUT2D eigenvalue weighted by molar-refractivity contribution is -0.136. The van der Waals surface area contributed by atoms with Gasteiger partial charge in [0.15, 0.2) is 5.76 Å². The van der Waals surface area contributed by atoms with Gasteiger partial charge in [-0.2, -0.15) is 0 Å². The number of hydrogen-bond acceptors (Lipinski definition) is 4. The monoisotopic (exact) mass is 418 g/mol. The first-order valence-electron chi connectivity index (χ1n) is 9.59. The molecule has 2 nitrogen and oxygen atoms in total. The number of thioether (sulfide) groups is 2. The highest BCUT2D eigenvalue weighted by Crippen LogP contribution is 2.45. The molecule has 1 aliphatic heterocycles. The highest BCUT2D eigenvalue weighted by atomic mass is 32.2. The maximum atomic E-state index is 12.8. The average molecular weight is 419 g/mol. The molecule has 3 aromatic carbocycles. The van der Waals surface area contributed by atoms with Crippen molar-refractivity contribution in [2.24, 2.45) is 0 Å². The molecule has 146 valence electrons. The van der Waals surface area contributed by atoms with Crippen molar-refractivity contribution in [3.8, 4) is 0 Å². The third kappa shape index (κ3) is 5.14. The summed E-state index contributed by atoms with van der Waals surface area (Å²) >= 11 is 3.37. The number of rotatable bonds is 6. The van der Waals surface area contributed by atoms with Crippen LogP contribution in [-0.4, -0.2) is 11.2 Å². The summed E-state index contributed by atoms with van der Waals surface area (Å²) in [4.78, 5) is 12.8. The highest BCUT2D eigenvalue weighted by molar-refractivity contribution is 8.22. The summed E-state index contributed by atoms with van der Waals surface area (Å²) in [7, 11) is 0. The van der Waals surface area contributed by atoms with E-state index in [0.717, 1.165) is 21.1 Å². The van der Waals surface area contributed by atoms with Gasteiger partial charge in [-0.25, -0.2) is 0 Å². The van der Waals surface area contributed by atoms with Gasteiger partial charge in [-0.1, -0.05) is 102 Å². The van der Waals surface area contributed by atoms with Crippen molar-refractivity contribution in [2.45, 2.75) is 24.3 Å². The third-order valence-electron chi connectivity index (χ3n) is 4.69. The lowest BCUT2D eigenvalue weighted by atomic mass is 10.1. The molecule has 0 aromatic heterocycles. The maximum Gasteiger partial charge on any atom is 0.325 e. The SMILES string of the molecule is Cc1ccc(C2=C(SCc3ccccc3)SC(Cc3ccccc3)C(=O)O2)cc1. The van der Waals surface area contributed by atoms with Gasteiger partial charge in [-0.15, -0.1) is 11.8 Å². The second-order valence-corrected chi connectivity index (χ2v) is 9.43. The quantitative estimate of drug-likeness (QED) is 0.429. The molecule has 0 aliphatic carbocycles. The predicted molar refractivity (Wildman–Crippen MR) is 123 cm³/mol. The second-order valence-electron chi connectivity index (χ2n) is 6.97. The molecule has 0 saturated carbocycles. The zero-order valence-corrected chi connectivity index (χ0v) is 17.8. The highest BCUT2D eigenvalue weighted by Gasteiger charge is 2.32. The zero-order chi connectivity index (χ0) is 20.1. The van der Waals surface area contributed by atoms with E-state index in [1.165, 1.54) is 11.1 Å². The number of carbonyl (C=O) groups excluding carboxylic acids is 1. The molecule has 29 heavy (non-hydrogen) atoms. The Bertz CT molecular complexity index is 996. The normalized spacial score (nSPS) is 16.6. The van der Waals surface area contributed by atoms with E-state index in [4.69, 9.17) is 4.74 Å². The molecule has 1 heterocycles. The molecule has 4 rings (SSSR count). The van der Waals surface area contributed by atoms with Gasteiger partial charge in [0.25, 0.3) is 0 Å². The summed E-state index contributed by atoms with van der Waals surface area (Å²) in [6, 6.07) is 28.7. The van der Waals surface area contributed by atoms with Crippen molar-refractivity contribution in [3.63, 3.8) is 0 Å². The van der Waals surface area contributed by atoms with E-state index in [9.17, 15) is 4.79 Å². The van der Waals surface area contributed by atoms with Crippen LogP contribution in [0.15, 0.2) is 89.2 Å². The Morgan fingerprint density at radius 2 is 1.48 bits per heavy atom. The predicted octanol–water partition coefficient (Wildman–Crippen LogP) is 6.46. The van der Waals surface area contributed by atoms with Gasteiger partial charge in [0.1, 0.15) is 5.25 Å². The molecule has 1 unspecified atom stereocenters. The first-order chi connectivity index (χ1) is 14.2. The van der Waals surface area contributed by atoms with Gasteiger partial charge in [-0.3, -0.25) is 4.79 Å². The van der Waals surface area contributed by atoms with Gasteiger partial charge < -0.3 is 4.74 Å². The summed E-state index contributed by atoms with van der Waals surface area (Å²) in [5.74, 6) is 1.36. The Morgan fingerprint density at radius 3 is 2.14 bits per heavy atom. The van der Waals surface area contributed by atoms with Gasteiger partial charge in [-0.05, 0) is 24.5 Å². The minimum Gasteiger partial charge on any atom is -0.423 e. The van der Waals surface area contributed by atoms with E-state index in [1.54, 1.807) is 23.5 Å². The lowest BCUT2D eigenvalue weighted by Crippen LogP contribution is -2.26. The number of benzene rings is 3. The van der Waals surface area contributed by atoms with Crippen LogP contribution in [0.4, 0.5) is 0 Å². The fourth-order valence-corrected chi connectivity index (χ4v) is 5.62. The third-order valence-corrected chi connectivity index (χ3v) is 7.30. The number of hydrogen-bond donors (Lipinski definition) is 0. The topological polar surface area (TPSA) is 26.3 Å². The summed E-state index contributed by atoms with van der Waals surface area (Å²) in [6.45, 7) is 2.06. The minimum absolute atomic E-state index is 0.168. The van der Waals surface area contributed by atoms with Gasteiger partial charge in [0.05, 0.1) is 4.24 Å². The molecular weight excluding hydrogens is 396 g/mol. The van der Waals surface area contributed by atoms with E-state index < -0.39 is 0 Å². The number of carbonyl (C=O) groups is 1. The Hall–Kier alpha value is -2.43. The van der Waals surface area contributed by atoms with Crippen LogP contribution in [-0.2, 0) is 21.7 Å². The molecule has 0 fully saturated rings. The van der Waals surface area contributed by atoms with Crippen LogP contribution < -0.4 is 0 Å². The first kappa shape index (κ1) is 19.9. The molecule has 0 saturated heterocycles. The second kappa shape index (κ2) is 9.38. The average Bonchev–Trinajstić information content (AvgIpc) is 2.76. The van der Waals surface area contributed by atoms with E-state index >= 15 is 0 Å². The Kier molecular flexibility index (Phi) is 6.43. The Balaban J connectivity index is 1.61. The van der Waals surface area contributed by atoms with Gasteiger partial charge >= 0.3 is 5.97 Å². The summed E-state index contributed by atoms with van der Waals surface area (Å²) < 4.78 is 6.96. The van der Waals surface area contributed by atoms with Crippen LogP contribution in [0.2, 0.25) is 0 Å². The number of aryl methyl sites for hydroxylation is 1. The molecule has 1 atom stereocenters. The minimum atomic E-state index is -0.232. The molecule has 0 N–H and O–H groups in total. The smallest absolute Gasteiger partial charge is 0.325 e. The van der Waals surface area contributed by atoms with Crippen LogP contribution in [0.5, 0.6) is 0 Å². The van der Waals surface area contributed by atoms with Crippen LogP contribution in [0.1, 0.15) is 22.3 Å². The van der Waals surface area contributed by atoms with Crippen molar-refractivity contribution in [3.05, 3.63) is 111 Å². The molecule has 4 heteroatoms. The Morgan fingerprint density at radius 1 is 0.862 bits per heavy atom.